The van der Waals surface area contributed by atoms with E-state index in [2.05, 4.69) is 30.0 Å². The summed E-state index contributed by atoms with van der Waals surface area (Å²) >= 11 is 1.28. The maximum Gasteiger partial charge on any atom is 0.433 e. The van der Waals surface area contributed by atoms with Gasteiger partial charge < -0.3 is 15.8 Å². The van der Waals surface area contributed by atoms with Gasteiger partial charge in [0.1, 0.15) is 23.4 Å². The number of anilines is 3. The predicted octanol–water partition coefficient (Wildman–Crippen LogP) is 5.66. The van der Waals surface area contributed by atoms with Gasteiger partial charge in [-0.15, -0.1) is 0 Å². The Morgan fingerprint density at radius 3 is 2.59 bits per heavy atom. The number of nitrogens with two attached hydrogens (primary N) is 1. The fraction of sp³-hybridized carbons (Fsp3) is 0.120. The molecule has 10 nitrogen and oxygen atoms in total. The first-order valence-electron chi connectivity index (χ1n) is 11.6. The number of hydrogen-bond acceptors (Lipinski definition) is 10. The van der Waals surface area contributed by atoms with Crippen molar-refractivity contribution in [1.82, 2.24) is 19.9 Å². The van der Waals surface area contributed by atoms with Crippen molar-refractivity contribution in [3.05, 3.63) is 78.0 Å². The van der Waals surface area contributed by atoms with E-state index >= 15 is 0 Å². The van der Waals surface area contributed by atoms with Gasteiger partial charge in [0, 0.05) is 23.7 Å². The highest BCUT2D eigenvalue weighted by molar-refractivity contribution is 7.92. The number of ether oxygens (including phenoxy) is 1. The number of para-hydroxylation sites is 1. The lowest BCUT2D eigenvalue weighted by molar-refractivity contribution is -0.141. The topological polar surface area (TPSA) is 145 Å². The summed E-state index contributed by atoms with van der Waals surface area (Å²) in [4.78, 5) is 16.2. The largest absolute Gasteiger partial charge is 0.437 e. The number of hydrogen-bond donors (Lipinski definition) is 3. The first-order chi connectivity index (χ1) is 19.4. The van der Waals surface area contributed by atoms with E-state index in [4.69, 9.17) is 10.5 Å². The summed E-state index contributed by atoms with van der Waals surface area (Å²) in [6.07, 6.45) is -2.72. The molecule has 0 saturated carbocycles. The van der Waals surface area contributed by atoms with Gasteiger partial charge in [0.2, 0.25) is 15.9 Å². The monoisotopic (exact) mass is 605 g/mol. The van der Waals surface area contributed by atoms with E-state index in [1.54, 1.807) is 12.1 Å². The highest BCUT2D eigenvalue weighted by atomic mass is 32.2. The van der Waals surface area contributed by atoms with E-state index in [1.807, 2.05) is 6.07 Å². The van der Waals surface area contributed by atoms with Crippen LogP contribution in [-0.2, 0) is 22.7 Å². The smallest absolute Gasteiger partial charge is 0.433 e. The van der Waals surface area contributed by atoms with Gasteiger partial charge in [-0.1, -0.05) is 29.5 Å². The van der Waals surface area contributed by atoms with Crippen LogP contribution >= 0.6 is 11.3 Å². The summed E-state index contributed by atoms with van der Waals surface area (Å²) in [7, 11) is -3.77. The van der Waals surface area contributed by atoms with Crippen molar-refractivity contribution >= 4 is 48.2 Å². The maximum absolute atomic E-state index is 15.0. The van der Waals surface area contributed by atoms with Crippen LogP contribution in [0.15, 0.2) is 60.9 Å². The Labute approximate surface area is 234 Å². The second kappa shape index (κ2) is 10.8. The van der Waals surface area contributed by atoms with Crippen LogP contribution < -0.4 is 20.5 Å². The van der Waals surface area contributed by atoms with Crippen LogP contribution in [0, 0.1) is 5.82 Å². The predicted molar refractivity (Wildman–Crippen MR) is 147 cm³/mol. The molecule has 0 bridgehead atoms. The Morgan fingerprint density at radius 1 is 1.05 bits per heavy atom. The molecule has 2 aromatic carbocycles. The minimum atomic E-state index is -4.76. The third-order valence-corrected chi connectivity index (χ3v) is 6.98. The zero-order chi connectivity index (χ0) is 29.4. The second-order valence-corrected chi connectivity index (χ2v) is 11.4. The lowest BCUT2D eigenvalue weighted by Crippen LogP contribution is -2.14. The van der Waals surface area contributed by atoms with Crippen LogP contribution in [0.4, 0.5) is 34.2 Å². The Hall–Kier alpha value is -4.57. The van der Waals surface area contributed by atoms with Crippen LogP contribution in [0.3, 0.4) is 0 Å². The number of thiazole rings is 1. The van der Waals surface area contributed by atoms with Gasteiger partial charge in [0.05, 0.1) is 22.3 Å². The SMILES string of the molecule is CS(=O)(=O)Nc1cccc(CNc2nc(C(F)(F)F)ccc2-c2cc(Oc3cccc4sc(N)nc34)ncn2)c1F. The summed E-state index contributed by atoms with van der Waals surface area (Å²) < 4.78 is 87.3. The molecule has 3 heterocycles. The van der Waals surface area contributed by atoms with Crippen LogP contribution in [0.25, 0.3) is 21.5 Å². The number of nitrogen functional groups attached to an aromatic ring is 1. The van der Waals surface area contributed by atoms with E-state index < -0.39 is 27.7 Å². The van der Waals surface area contributed by atoms with Crippen LogP contribution in [0.1, 0.15) is 11.3 Å². The number of halogens is 4. The first-order valence-corrected chi connectivity index (χ1v) is 14.3. The van der Waals surface area contributed by atoms with Crippen molar-refractivity contribution in [2.24, 2.45) is 0 Å². The molecule has 0 aliphatic heterocycles. The van der Waals surface area contributed by atoms with Gasteiger partial charge in [-0.3, -0.25) is 4.72 Å². The summed E-state index contributed by atoms with van der Waals surface area (Å²) in [6, 6.07) is 12.6. The molecule has 16 heteroatoms. The molecule has 4 N–H and O–H groups in total. The van der Waals surface area contributed by atoms with Gasteiger partial charge in [-0.05, 0) is 30.3 Å². The number of benzene rings is 2. The van der Waals surface area contributed by atoms with Gasteiger partial charge in [-0.2, -0.15) is 13.2 Å². The van der Waals surface area contributed by atoms with E-state index in [0.29, 0.717) is 16.4 Å². The Balaban J connectivity index is 1.48. The zero-order valence-electron chi connectivity index (χ0n) is 20.9. The number of pyridine rings is 1. The minimum Gasteiger partial charge on any atom is -0.437 e. The average Bonchev–Trinajstić information content (AvgIpc) is 3.29. The van der Waals surface area contributed by atoms with Gasteiger partial charge >= 0.3 is 6.18 Å². The van der Waals surface area contributed by atoms with Crippen molar-refractivity contribution in [3.8, 4) is 22.9 Å². The Bertz CT molecular complexity index is 1860. The fourth-order valence-electron chi connectivity index (χ4n) is 3.81. The van der Waals surface area contributed by atoms with E-state index in [-0.39, 0.29) is 40.8 Å². The lowest BCUT2D eigenvalue weighted by atomic mass is 10.1. The molecular formula is C25H19F4N7O3S2. The Morgan fingerprint density at radius 2 is 1.83 bits per heavy atom. The molecule has 212 valence electrons. The van der Waals surface area contributed by atoms with Crippen molar-refractivity contribution in [2.75, 3.05) is 22.0 Å². The number of alkyl halides is 3. The van der Waals surface area contributed by atoms with E-state index in [9.17, 15) is 26.0 Å². The highest BCUT2D eigenvalue weighted by Crippen LogP contribution is 2.36. The van der Waals surface area contributed by atoms with Crippen molar-refractivity contribution in [3.63, 3.8) is 0 Å². The number of aromatic nitrogens is 4. The summed E-state index contributed by atoms with van der Waals surface area (Å²) in [5.74, 6) is -0.708. The quantitative estimate of drug-likeness (QED) is 0.191. The van der Waals surface area contributed by atoms with E-state index in [1.165, 1.54) is 48.0 Å². The molecule has 0 aliphatic carbocycles. The van der Waals surface area contributed by atoms with Crippen LogP contribution in [-0.4, -0.2) is 34.6 Å². The summed E-state index contributed by atoms with van der Waals surface area (Å²) in [6.45, 7) is -0.325. The number of sulfonamides is 1. The third-order valence-electron chi connectivity index (χ3n) is 5.54. The maximum atomic E-state index is 15.0. The second-order valence-electron chi connectivity index (χ2n) is 8.60. The number of nitrogens with zero attached hydrogens (tertiary/aromatic N) is 4. The minimum absolute atomic E-state index is 0.0221. The first kappa shape index (κ1) is 28.0. The lowest BCUT2D eigenvalue weighted by Gasteiger charge is -2.15. The highest BCUT2D eigenvalue weighted by Gasteiger charge is 2.33. The molecule has 3 aromatic heterocycles. The fourth-order valence-corrected chi connectivity index (χ4v) is 5.12. The number of nitrogens with one attached hydrogen (secondary N) is 2. The molecule has 0 amide bonds. The molecule has 0 fully saturated rings. The molecule has 0 radical (unpaired) electrons. The van der Waals surface area contributed by atoms with Gasteiger partial charge in [0.25, 0.3) is 0 Å². The van der Waals surface area contributed by atoms with Crippen molar-refractivity contribution in [2.45, 2.75) is 12.7 Å². The Kier molecular flexibility index (Phi) is 7.35. The molecule has 0 spiro atoms. The molecule has 41 heavy (non-hydrogen) atoms. The molecular weight excluding hydrogens is 586 g/mol. The molecule has 0 aliphatic rings. The third kappa shape index (κ3) is 6.44. The zero-order valence-corrected chi connectivity index (χ0v) is 22.5. The standard InChI is InChI=1S/C25H19F4N7O3S2/c1-41(37,38)36-15-5-2-4-13(21(15)26)11-31-23-14(8-9-19(34-23)25(27,28)29)16-10-20(33-12-32-16)39-17-6-3-7-18-22(17)35-24(30)40-18/h2-10,12,36H,11H2,1H3,(H2,30,35)(H,31,34). The van der Waals surface area contributed by atoms with Crippen molar-refractivity contribution in [1.29, 1.82) is 0 Å². The van der Waals surface area contributed by atoms with Crippen LogP contribution in [0.2, 0.25) is 0 Å². The molecule has 0 saturated heterocycles. The normalized spacial score (nSPS) is 11.9. The summed E-state index contributed by atoms with van der Waals surface area (Å²) in [5, 5.41) is 3.06. The molecule has 0 atom stereocenters. The number of rotatable bonds is 8. The van der Waals surface area contributed by atoms with Crippen molar-refractivity contribution < 1.29 is 30.7 Å². The van der Waals surface area contributed by atoms with E-state index in [0.717, 1.165) is 17.0 Å². The number of fused-ring (bicyclic) bond motifs is 1. The van der Waals surface area contributed by atoms with Gasteiger partial charge in [-0.25, -0.2) is 32.7 Å². The molecule has 5 aromatic rings. The molecule has 5 rings (SSSR count). The van der Waals surface area contributed by atoms with Gasteiger partial charge in [0.15, 0.2) is 16.7 Å². The average molecular weight is 606 g/mol. The molecule has 0 unspecified atom stereocenters. The van der Waals surface area contributed by atoms with Crippen LogP contribution in [0.5, 0.6) is 11.6 Å². The summed E-state index contributed by atoms with van der Waals surface area (Å²) in [5.41, 5.74) is 5.12.